The van der Waals surface area contributed by atoms with Crippen LogP contribution in [0.3, 0.4) is 0 Å². The van der Waals surface area contributed by atoms with Gasteiger partial charge in [-0.1, -0.05) is 20.3 Å². The molecule has 1 aliphatic rings. The summed E-state index contributed by atoms with van der Waals surface area (Å²) in [5, 5.41) is 4.78. The molecule has 2 rings (SSSR count). The third-order valence-corrected chi connectivity index (χ3v) is 4.90. The van der Waals surface area contributed by atoms with Crippen LogP contribution in [-0.2, 0) is 17.7 Å². The molecule has 0 aliphatic carbocycles. The molecular weight excluding hydrogens is 256 g/mol. The highest BCUT2D eigenvalue weighted by atomic mass is 32.1. The number of nitrogens with one attached hydrogen (secondary N) is 1. The van der Waals surface area contributed by atoms with Crippen LogP contribution in [0, 0.1) is 0 Å². The average molecular weight is 282 g/mol. The number of hydrogen-bond donors (Lipinski definition) is 1. The van der Waals surface area contributed by atoms with Gasteiger partial charge in [-0.15, -0.1) is 11.3 Å². The first-order valence-electron chi connectivity index (χ1n) is 7.58. The molecule has 2 heterocycles. The Kier molecular flexibility index (Phi) is 5.79. The monoisotopic (exact) mass is 282 g/mol. The summed E-state index contributed by atoms with van der Waals surface area (Å²) in [4.78, 5) is 6.25. The van der Waals surface area contributed by atoms with Gasteiger partial charge in [0, 0.05) is 24.1 Å². The first-order valence-corrected chi connectivity index (χ1v) is 8.39. The van der Waals surface area contributed by atoms with Gasteiger partial charge in [0.15, 0.2) is 0 Å². The molecule has 2 atom stereocenters. The van der Waals surface area contributed by atoms with Crippen LogP contribution in [0.25, 0.3) is 0 Å². The number of aromatic nitrogens is 1. The van der Waals surface area contributed by atoms with Gasteiger partial charge in [0.2, 0.25) is 0 Å². The largest absolute Gasteiger partial charge is 0.371 e. The lowest BCUT2D eigenvalue weighted by Gasteiger charge is -2.10. The molecule has 0 spiro atoms. The molecule has 0 aromatic carbocycles. The van der Waals surface area contributed by atoms with Crippen molar-refractivity contribution in [2.45, 2.75) is 71.6 Å². The summed E-state index contributed by atoms with van der Waals surface area (Å²) in [6, 6.07) is 0.572. The van der Waals surface area contributed by atoms with Crippen molar-refractivity contribution in [1.29, 1.82) is 0 Å². The van der Waals surface area contributed by atoms with Gasteiger partial charge >= 0.3 is 0 Å². The number of thiazole rings is 1. The van der Waals surface area contributed by atoms with Crippen molar-refractivity contribution < 1.29 is 4.74 Å². The molecule has 3 nitrogen and oxygen atoms in total. The maximum atomic E-state index is 5.76. The standard InChI is InChI=1S/C15H26N2OS/c1-4-7-12-14(10-16-11(3)5-2)19-15(17-12)13-8-6-9-18-13/h11,13,16H,4-10H2,1-3H3. The van der Waals surface area contributed by atoms with Gasteiger partial charge in [-0.2, -0.15) is 0 Å². The lowest BCUT2D eigenvalue weighted by Crippen LogP contribution is -2.24. The lowest BCUT2D eigenvalue weighted by molar-refractivity contribution is 0.111. The van der Waals surface area contributed by atoms with Gasteiger partial charge in [0.05, 0.1) is 5.69 Å². The molecule has 1 aromatic heterocycles. The second kappa shape index (κ2) is 7.36. The Bertz CT molecular complexity index is 385. The summed E-state index contributed by atoms with van der Waals surface area (Å²) in [6.07, 6.45) is 5.98. The quantitative estimate of drug-likeness (QED) is 0.825. The smallest absolute Gasteiger partial charge is 0.122 e. The highest BCUT2D eigenvalue weighted by molar-refractivity contribution is 7.11. The number of ether oxygens (including phenoxy) is 1. The predicted molar refractivity (Wildman–Crippen MR) is 80.6 cm³/mol. The molecule has 1 saturated heterocycles. The molecule has 1 aliphatic heterocycles. The van der Waals surface area contributed by atoms with Crippen LogP contribution < -0.4 is 5.32 Å². The molecule has 0 amide bonds. The molecule has 0 saturated carbocycles. The van der Waals surface area contributed by atoms with E-state index >= 15 is 0 Å². The zero-order chi connectivity index (χ0) is 13.7. The zero-order valence-electron chi connectivity index (χ0n) is 12.4. The third kappa shape index (κ3) is 4.01. The minimum atomic E-state index is 0.262. The van der Waals surface area contributed by atoms with Crippen molar-refractivity contribution in [1.82, 2.24) is 10.3 Å². The molecule has 0 radical (unpaired) electrons. The third-order valence-electron chi connectivity index (χ3n) is 3.71. The minimum absolute atomic E-state index is 0.262. The van der Waals surface area contributed by atoms with Gasteiger partial charge < -0.3 is 10.1 Å². The van der Waals surface area contributed by atoms with E-state index in [2.05, 4.69) is 26.1 Å². The summed E-state index contributed by atoms with van der Waals surface area (Å²) in [5.74, 6) is 0. The minimum Gasteiger partial charge on any atom is -0.371 e. The topological polar surface area (TPSA) is 34.1 Å². The summed E-state index contributed by atoms with van der Waals surface area (Å²) in [5.41, 5.74) is 1.29. The molecule has 1 fully saturated rings. The Labute approximate surface area is 120 Å². The normalized spacial score (nSPS) is 20.9. The Morgan fingerprint density at radius 2 is 2.32 bits per heavy atom. The van der Waals surface area contributed by atoms with Gasteiger partial charge in [0.1, 0.15) is 11.1 Å². The summed E-state index contributed by atoms with van der Waals surface area (Å²) in [7, 11) is 0. The highest BCUT2D eigenvalue weighted by Gasteiger charge is 2.23. The van der Waals surface area contributed by atoms with Gasteiger partial charge in [-0.3, -0.25) is 0 Å². The maximum absolute atomic E-state index is 5.76. The van der Waals surface area contributed by atoms with E-state index in [4.69, 9.17) is 9.72 Å². The molecule has 1 N–H and O–H groups in total. The second-order valence-electron chi connectivity index (χ2n) is 5.36. The SMILES string of the molecule is CCCc1nc(C2CCCO2)sc1CNC(C)CC. The predicted octanol–water partition coefficient (Wildman–Crippen LogP) is 3.84. The van der Waals surface area contributed by atoms with Crippen molar-refractivity contribution in [2.75, 3.05) is 6.61 Å². The maximum Gasteiger partial charge on any atom is 0.122 e. The van der Waals surface area contributed by atoms with E-state index in [-0.39, 0.29) is 6.10 Å². The van der Waals surface area contributed by atoms with Crippen LogP contribution in [0.15, 0.2) is 0 Å². The fourth-order valence-corrected chi connectivity index (χ4v) is 3.44. The molecule has 19 heavy (non-hydrogen) atoms. The van der Waals surface area contributed by atoms with E-state index in [0.29, 0.717) is 6.04 Å². The summed E-state index contributed by atoms with van der Waals surface area (Å²) in [6.45, 7) is 8.52. The number of rotatable bonds is 7. The Morgan fingerprint density at radius 1 is 1.47 bits per heavy atom. The Hall–Kier alpha value is -0.450. The van der Waals surface area contributed by atoms with Crippen LogP contribution in [-0.4, -0.2) is 17.6 Å². The fourth-order valence-electron chi connectivity index (χ4n) is 2.29. The second-order valence-corrected chi connectivity index (χ2v) is 6.48. The van der Waals surface area contributed by atoms with E-state index in [1.165, 1.54) is 28.4 Å². The Morgan fingerprint density at radius 3 is 2.95 bits per heavy atom. The summed E-state index contributed by atoms with van der Waals surface area (Å²) >= 11 is 1.85. The van der Waals surface area contributed by atoms with E-state index in [1.807, 2.05) is 11.3 Å². The fraction of sp³-hybridized carbons (Fsp3) is 0.800. The molecular formula is C15H26N2OS. The highest BCUT2D eigenvalue weighted by Crippen LogP contribution is 2.33. The number of hydrogen-bond acceptors (Lipinski definition) is 4. The van der Waals surface area contributed by atoms with Crippen LogP contribution in [0.4, 0.5) is 0 Å². The number of aryl methyl sites for hydroxylation is 1. The van der Waals surface area contributed by atoms with E-state index < -0.39 is 0 Å². The van der Waals surface area contributed by atoms with Crippen molar-refractivity contribution in [2.24, 2.45) is 0 Å². The molecule has 0 bridgehead atoms. The molecule has 4 heteroatoms. The van der Waals surface area contributed by atoms with Crippen molar-refractivity contribution >= 4 is 11.3 Å². The summed E-state index contributed by atoms with van der Waals surface area (Å²) < 4.78 is 5.76. The van der Waals surface area contributed by atoms with Gasteiger partial charge in [0.25, 0.3) is 0 Å². The Balaban J connectivity index is 2.06. The van der Waals surface area contributed by atoms with E-state index in [9.17, 15) is 0 Å². The molecule has 2 unspecified atom stereocenters. The van der Waals surface area contributed by atoms with E-state index in [0.717, 1.165) is 32.4 Å². The van der Waals surface area contributed by atoms with Crippen LogP contribution >= 0.6 is 11.3 Å². The van der Waals surface area contributed by atoms with Crippen LogP contribution in [0.2, 0.25) is 0 Å². The van der Waals surface area contributed by atoms with Crippen molar-refractivity contribution in [3.63, 3.8) is 0 Å². The van der Waals surface area contributed by atoms with Crippen LogP contribution in [0.1, 0.15) is 68.1 Å². The van der Waals surface area contributed by atoms with Gasteiger partial charge in [-0.25, -0.2) is 4.98 Å². The van der Waals surface area contributed by atoms with Crippen LogP contribution in [0.5, 0.6) is 0 Å². The average Bonchev–Trinajstić information content (AvgIpc) is 3.05. The molecule has 108 valence electrons. The number of nitrogens with zero attached hydrogens (tertiary/aromatic N) is 1. The first kappa shape index (κ1) is 14.9. The van der Waals surface area contributed by atoms with Crippen molar-refractivity contribution in [3.8, 4) is 0 Å². The zero-order valence-corrected chi connectivity index (χ0v) is 13.2. The molecule has 1 aromatic rings. The first-order chi connectivity index (χ1) is 9.24. The van der Waals surface area contributed by atoms with E-state index in [1.54, 1.807) is 0 Å². The van der Waals surface area contributed by atoms with Crippen molar-refractivity contribution in [3.05, 3.63) is 15.6 Å². The lowest BCUT2D eigenvalue weighted by atomic mass is 10.2. The van der Waals surface area contributed by atoms with Gasteiger partial charge in [-0.05, 0) is 32.6 Å².